The number of rotatable bonds is 6. The average Bonchev–Trinajstić information content (AvgIpc) is 3.22. The Morgan fingerprint density at radius 3 is 2.70 bits per heavy atom. The second-order valence-corrected chi connectivity index (χ2v) is 6.31. The molecular weight excluding hydrogens is 252 g/mol. The van der Waals surface area contributed by atoms with E-state index >= 15 is 0 Å². The molecule has 1 aliphatic heterocycles. The lowest BCUT2D eigenvalue weighted by atomic mass is 9.93. The van der Waals surface area contributed by atoms with Crippen LogP contribution in [-0.4, -0.2) is 41.7 Å². The maximum absolute atomic E-state index is 5.46. The van der Waals surface area contributed by atoms with E-state index in [9.17, 15) is 0 Å². The van der Waals surface area contributed by atoms with Gasteiger partial charge in [-0.15, -0.1) is 0 Å². The Balaban J connectivity index is 1.51. The van der Waals surface area contributed by atoms with Gasteiger partial charge in [0.1, 0.15) is 0 Å². The van der Waals surface area contributed by atoms with Crippen LogP contribution in [-0.2, 0) is 0 Å². The van der Waals surface area contributed by atoms with Crippen molar-refractivity contribution in [2.45, 2.75) is 51.0 Å². The van der Waals surface area contributed by atoms with Gasteiger partial charge in [0.2, 0.25) is 5.89 Å². The standard InChI is InChI=1S/C15H26N4O/c1-11(15-17-14(18-20-15)13-3-4-13)19-9-6-12(7-10-19)5-8-16-2/h11-13,16H,3-10H2,1-2H3. The van der Waals surface area contributed by atoms with Crippen LogP contribution in [0.25, 0.3) is 0 Å². The van der Waals surface area contributed by atoms with Gasteiger partial charge in [-0.2, -0.15) is 4.98 Å². The van der Waals surface area contributed by atoms with E-state index in [0.29, 0.717) is 5.92 Å². The highest BCUT2D eigenvalue weighted by molar-refractivity contribution is 5.04. The van der Waals surface area contributed by atoms with E-state index in [0.717, 1.165) is 37.3 Å². The van der Waals surface area contributed by atoms with Crippen molar-refractivity contribution in [1.29, 1.82) is 0 Å². The third-order valence-corrected chi connectivity index (χ3v) is 4.76. The second kappa shape index (κ2) is 6.22. The molecule has 3 rings (SSSR count). The van der Waals surface area contributed by atoms with Crippen LogP contribution in [0, 0.1) is 5.92 Å². The lowest BCUT2D eigenvalue weighted by molar-refractivity contribution is 0.117. The normalized spacial score (nSPS) is 23.1. The highest BCUT2D eigenvalue weighted by Gasteiger charge is 2.31. The van der Waals surface area contributed by atoms with E-state index in [2.05, 4.69) is 27.3 Å². The Morgan fingerprint density at radius 2 is 2.05 bits per heavy atom. The molecule has 0 amide bonds. The zero-order chi connectivity index (χ0) is 13.9. The lowest BCUT2D eigenvalue weighted by Gasteiger charge is -2.34. The van der Waals surface area contributed by atoms with Gasteiger partial charge in [-0.05, 0) is 71.6 Å². The first-order valence-corrected chi connectivity index (χ1v) is 8.00. The molecule has 0 bridgehead atoms. The minimum Gasteiger partial charge on any atom is -0.338 e. The van der Waals surface area contributed by atoms with Gasteiger partial charge in [-0.1, -0.05) is 5.16 Å². The van der Waals surface area contributed by atoms with Crippen molar-refractivity contribution in [1.82, 2.24) is 20.4 Å². The largest absolute Gasteiger partial charge is 0.338 e. The number of likely N-dealkylation sites (tertiary alicyclic amines) is 1. The molecule has 1 atom stereocenters. The van der Waals surface area contributed by atoms with Gasteiger partial charge < -0.3 is 9.84 Å². The van der Waals surface area contributed by atoms with E-state index in [1.165, 1.54) is 32.1 Å². The minimum atomic E-state index is 0.264. The van der Waals surface area contributed by atoms with Crippen LogP contribution in [0.4, 0.5) is 0 Å². The molecule has 2 aliphatic rings. The van der Waals surface area contributed by atoms with Gasteiger partial charge in [0.25, 0.3) is 0 Å². The van der Waals surface area contributed by atoms with Gasteiger partial charge in [-0.3, -0.25) is 4.90 Å². The molecule has 2 heterocycles. The van der Waals surface area contributed by atoms with E-state index in [4.69, 9.17) is 4.52 Å². The first kappa shape index (κ1) is 14.0. The Bertz CT molecular complexity index is 421. The first-order valence-electron chi connectivity index (χ1n) is 8.00. The highest BCUT2D eigenvalue weighted by Crippen LogP contribution is 2.38. The minimum absolute atomic E-state index is 0.264. The SMILES string of the molecule is CNCCC1CCN(C(C)c2nc(C3CC3)no2)CC1. The quantitative estimate of drug-likeness (QED) is 0.865. The van der Waals surface area contributed by atoms with Crippen LogP contribution < -0.4 is 5.32 Å². The van der Waals surface area contributed by atoms with Gasteiger partial charge >= 0.3 is 0 Å². The van der Waals surface area contributed by atoms with Crippen molar-refractivity contribution in [2.24, 2.45) is 5.92 Å². The molecule has 5 heteroatoms. The van der Waals surface area contributed by atoms with Crippen molar-refractivity contribution < 1.29 is 4.52 Å². The lowest BCUT2D eigenvalue weighted by Crippen LogP contribution is -2.36. The number of hydrogen-bond donors (Lipinski definition) is 1. The number of piperidine rings is 1. The second-order valence-electron chi connectivity index (χ2n) is 6.31. The molecule has 1 saturated heterocycles. The van der Waals surface area contributed by atoms with Crippen molar-refractivity contribution in [3.8, 4) is 0 Å². The Hall–Kier alpha value is -0.940. The number of hydrogen-bond acceptors (Lipinski definition) is 5. The third kappa shape index (κ3) is 3.20. The summed E-state index contributed by atoms with van der Waals surface area (Å²) in [5.74, 6) is 3.18. The van der Waals surface area contributed by atoms with E-state index < -0.39 is 0 Å². The summed E-state index contributed by atoms with van der Waals surface area (Å²) in [6.07, 6.45) is 6.32. The van der Waals surface area contributed by atoms with Crippen LogP contribution >= 0.6 is 0 Å². The van der Waals surface area contributed by atoms with Crippen LogP contribution in [0.2, 0.25) is 0 Å². The summed E-state index contributed by atoms with van der Waals surface area (Å²) in [4.78, 5) is 7.07. The molecule has 0 aromatic carbocycles. The fourth-order valence-corrected chi connectivity index (χ4v) is 3.06. The summed E-state index contributed by atoms with van der Waals surface area (Å²) in [6.45, 7) is 5.63. The van der Waals surface area contributed by atoms with Gasteiger partial charge in [0.05, 0.1) is 6.04 Å². The molecule has 1 N–H and O–H groups in total. The Morgan fingerprint density at radius 1 is 1.30 bits per heavy atom. The van der Waals surface area contributed by atoms with E-state index in [-0.39, 0.29) is 6.04 Å². The topological polar surface area (TPSA) is 54.2 Å². The number of nitrogens with zero attached hydrogens (tertiary/aromatic N) is 3. The van der Waals surface area contributed by atoms with Crippen LogP contribution in [0.1, 0.15) is 62.7 Å². The summed E-state index contributed by atoms with van der Waals surface area (Å²) in [6, 6.07) is 0.264. The maximum atomic E-state index is 5.46. The monoisotopic (exact) mass is 278 g/mol. The summed E-state index contributed by atoms with van der Waals surface area (Å²) in [7, 11) is 2.03. The number of nitrogens with one attached hydrogen (secondary N) is 1. The smallest absolute Gasteiger partial charge is 0.243 e. The Kier molecular flexibility index (Phi) is 4.36. The van der Waals surface area contributed by atoms with Crippen molar-refractivity contribution in [2.75, 3.05) is 26.7 Å². The van der Waals surface area contributed by atoms with Crippen molar-refractivity contribution in [3.63, 3.8) is 0 Å². The molecular formula is C15H26N4O. The molecule has 0 radical (unpaired) electrons. The average molecular weight is 278 g/mol. The summed E-state index contributed by atoms with van der Waals surface area (Å²) in [5, 5.41) is 7.38. The Labute approximate surface area is 121 Å². The molecule has 1 saturated carbocycles. The summed E-state index contributed by atoms with van der Waals surface area (Å²) >= 11 is 0. The highest BCUT2D eigenvalue weighted by atomic mass is 16.5. The molecule has 112 valence electrons. The molecule has 20 heavy (non-hydrogen) atoms. The van der Waals surface area contributed by atoms with Crippen LogP contribution in [0.5, 0.6) is 0 Å². The molecule has 1 unspecified atom stereocenters. The van der Waals surface area contributed by atoms with E-state index in [1.54, 1.807) is 0 Å². The summed E-state index contributed by atoms with van der Waals surface area (Å²) in [5.41, 5.74) is 0. The zero-order valence-electron chi connectivity index (χ0n) is 12.6. The molecule has 5 nitrogen and oxygen atoms in total. The predicted octanol–water partition coefficient (Wildman–Crippen LogP) is 2.33. The van der Waals surface area contributed by atoms with Crippen molar-refractivity contribution >= 4 is 0 Å². The third-order valence-electron chi connectivity index (χ3n) is 4.76. The fourth-order valence-electron chi connectivity index (χ4n) is 3.06. The van der Waals surface area contributed by atoms with Gasteiger partial charge in [-0.25, -0.2) is 0 Å². The molecule has 2 fully saturated rings. The number of aromatic nitrogens is 2. The van der Waals surface area contributed by atoms with Crippen LogP contribution in [0.3, 0.4) is 0 Å². The van der Waals surface area contributed by atoms with Gasteiger partial charge in [0.15, 0.2) is 5.82 Å². The molecule has 1 aromatic rings. The van der Waals surface area contributed by atoms with E-state index in [1.807, 2.05) is 7.05 Å². The maximum Gasteiger partial charge on any atom is 0.243 e. The first-order chi connectivity index (χ1) is 9.78. The fraction of sp³-hybridized carbons (Fsp3) is 0.867. The van der Waals surface area contributed by atoms with Gasteiger partial charge in [0, 0.05) is 5.92 Å². The summed E-state index contributed by atoms with van der Waals surface area (Å²) < 4.78 is 5.46. The molecule has 1 aliphatic carbocycles. The zero-order valence-corrected chi connectivity index (χ0v) is 12.6. The van der Waals surface area contributed by atoms with Crippen LogP contribution in [0.15, 0.2) is 4.52 Å². The molecule has 1 aromatic heterocycles. The predicted molar refractivity (Wildman–Crippen MR) is 77.5 cm³/mol. The molecule has 0 spiro atoms. The van der Waals surface area contributed by atoms with Crippen molar-refractivity contribution in [3.05, 3.63) is 11.7 Å².